The Balaban J connectivity index is 2.11. The summed E-state index contributed by atoms with van der Waals surface area (Å²) in [6, 6.07) is 0. The molecule has 2 N–H and O–H groups in total. The second kappa shape index (κ2) is 3.47. The third-order valence-electron chi connectivity index (χ3n) is 2.69. The van der Waals surface area contributed by atoms with E-state index in [0.29, 0.717) is 6.54 Å². The zero-order valence-electron chi connectivity index (χ0n) is 8.03. The molecule has 1 aromatic heterocycles. The van der Waals surface area contributed by atoms with Crippen LogP contribution in [0.2, 0.25) is 0 Å². The van der Waals surface area contributed by atoms with Gasteiger partial charge in [0.15, 0.2) is 0 Å². The molecule has 0 atom stereocenters. The molecular formula is C9H16N4. The lowest BCUT2D eigenvalue weighted by Crippen LogP contribution is -2.37. The fourth-order valence-corrected chi connectivity index (χ4v) is 1.63. The molecule has 4 heteroatoms. The Morgan fingerprint density at radius 3 is 2.85 bits per heavy atom. The van der Waals surface area contributed by atoms with Crippen LogP contribution in [-0.4, -0.2) is 27.8 Å². The molecule has 0 radical (unpaired) electrons. The van der Waals surface area contributed by atoms with E-state index in [9.17, 15) is 0 Å². The Morgan fingerprint density at radius 2 is 2.31 bits per heavy atom. The standard InChI is InChI=1S/C9H16N4/c1-12-9(7-13-3-2-4-13)8(5-10)6-11-12/h6H,2-5,7,10H2,1H3. The first-order chi connectivity index (χ1) is 6.31. The highest BCUT2D eigenvalue weighted by molar-refractivity contribution is 5.17. The largest absolute Gasteiger partial charge is 0.326 e. The number of hydrogen-bond acceptors (Lipinski definition) is 3. The van der Waals surface area contributed by atoms with Gasteiger partial charge in [0.05, 0.1) is 11.9 Å². The Bertz CT molecular complexity index is 288. The van der Waals surface area contributed by atoms with Gasteiger partial charge in [-0.25, -0.2) is 0 Å². The van der Waals surface area contributed by atoms with Gasteiger partial charge in [-0.15, -0.1) is 0 Å². The fourth-order valence-electron chi connectivity index (χ4n) is 1.63. The van der Waals surface area contributed by atoms with Gasteiger partial charge in [-0.05, 0) is 19.5 Å². The lowest BCUT2D eigenvalue weighted by molar-refractivity contribution is 0.167. The smallest absolute Gasteiger partial charge is 0.0565 e. The van der Waals surface area contributed by atoms with Gasteiger partial charge < -0.3 is 5.73 Å². The summed E-state index contributed by atoms with van der Waals surface area (Å²) in [4.78, 5) is 2.41. The highest BCUT2D eigenvalue weighted by Crippen LogP contribution is 2.14. The van der Waals surface area contributed by atoms with E-state index in [1.54, 1.807) is 0 Å². The second-order valence-corrected chi connectivity index (χ2v) is 3.57. The van der Waals surface area contributed by atoms with Crippen molar-refractivity contribution in [2.75, 3.05) is 13.1 Å². The minimum absolute atomic E-state index is 0.594. The monoisotopic (exact) mass is 180 g/mol. The van der Waals surface area contributed by atoms with Gasteiger partial charge in [-0.1, -0.05) is 0 Å². The number of aromatic nitrogens is 2. The van der Waals surface area contributed by atoms with Crippen LogP contribution in [0.15, 0.2) is 6.20 Å². The first-order valence-corrected chi connectivity index (χ1v) is 4.73. The first kappa shape index (κ1) is 8.72. The van der Waals surface area contributed by atoms with E-state index in [2.05, 4.69) is 10.00 Å². The lowest BCUT2D eigenvalue weighted by atomic mass is 10.1. The molecule has 1 aliphatic heterocycles. The maximum absolute atomic E-state index is 5.63. The van der Waals surface area contributed by atoms with Crippen molar-refractivity contribution in [2.45, 2.75) is 19.5 Å². The van der Waals surface area contributed by atoms with Crippen molar-refractivity contribution < 1.29 is 0 Å². The first-order valence-electron chi connectivity index (χ1n) is 4.73. The fraction of sp³-hybridized carbons (Fsp3) is 0.667. The number of likely N-dealkylation sites (tertiary alicyclic amines) is 1. The van der Waals surface area contributed by atoms with Gasteiger partial charge in [-0.2, -0.15) is 5.10 Å². The molecule has 1 fully saturated rings. The Morgan fingerprint density at radius 1 is 1.54 bits per heavy atom. The van der Waals surface area contributed by atoms with E-state index in [4.69, 9.17) is 5.73 Å². The van der Waals surface area contributed by atoms with E-state index in [1.807, 2.05) is 17.9 Å². The molecule has 0 aromatic carbocycles. The summed E-state index contributed by atoms with van der Waals surface area (Å²) in [5.74, 6) is 0. The van der Waals surface area contributed by atoms with Crippen LogP contribution in [0.25, 0.3) is 0 Å². The molecule has 4 nitrogen and oxygen atoms in total. The molecule has 72 valence electrons. The van der Waals surface area contributed by atoms with Gasteiger partial charge >= 0.3 is 0 Å². The molecule has 0 saturated carbocycles. The predicted molar refractivity (Wildman–Crippen MR) is 51.0 cm³/mol. The van der Waals surface area contributed by atoms with Crippen LogP contribution in [-0.2, 0) is 20.1 Å². The summed E-state index contributed by atoms with van der Waals surface area (Å²) < 4.78 is 1.93. The maximum Gasteiger partial charge on any atom is 0.0565 e. The summed E-state index contributed by atoms with van der Waals surface area (Å²) in [5, 5.41) is 4.21. The number of nitrogens with two attached hydrogens (primary N) is 1. The van der Waals surface area contributed by atoms with Crippen molar-refractivity contribution in [1.82, 2.24) is 14.7 Å². The molecule has 0 amide bonds. The quantitative estimate of drug-likeness (QED) is 0.717. The van der Waals surface area contributed by atoms with Crippen molar-refractivity contribution in [2.24, 2.45) is 12.8 Å². The Labute approximate surface area is 78.3 Å². The van der Waals surface area contributed by atoms with E-state index in [0.717, 1.165) is 6.54 Å². The van der Waals surface area contributed by atoms with Crippen LogP contribution in [0, 0.1) is 0 Å². The number of nitrogens with zero attached hydrogens (tertiary/aromatic N) is 3. The summed E-state index contributed by atoms with van der Waals surface area (Å²) in [7, 11) is 1.98. The van der Waals surface area contributed by atoms with Crippen molar-refractivity contribution in [3.05, 3.63) is 17.5 Å². The number of hydrogen-bond donors (Lipinski definition) is 1. The minimum atomic E-state index is 0.594. The molecular weight excluding hydrogens is 164 g/mol. The Kier molecular flexibility index (Phi) is 2.33. The zero-order valence-corrected chi connectivity index (χ0v) is 8.03. The topological polar surface area (TPSA) is 47.1 Å². The molecule has 1 saturated heterocycles. The Hall–Kier alpha value is -0.870. The molecule has 2 heterocycles. The highest BCUT2D eigenvalue weighted by Gasteiger charge is 2.17. The normalized spacial score (nSPS) is 17.4. The van der Waals surface area contributed by atoms with E-state index < -0.39 is 0 Å². The molecule has 0 spiro atoms. The average molecular weight is 180 g/mol. The summed E-state index contributed by atoms with van der Waals surface area (Å²) in [6.07, 6.45) is 3.20. The molecule has 1 aliphatic rings. The van der Waals surface area contributed by atoms with E-state index >= 15 is 0 Å². The predicted octanol–water partition coefficient (Wildman–Crippen LogP) is 0.0845. The maximum atomic E-state index is 5.63. The summed E-state index contributed by atoms with van der Waals surface area (Å²) in [5.41, 5.74) is 8.07. The van der Waals surface area contributed by atoms with Gasteiger partial charge in [0.25, 0.3) is 0 Å². The van der Waals surface area contributed by atoms with Crippen molar-refractivity contribution in [1.29, 1.82) is 0 Å². The van der Waals surface area contributed by atoms with Gasteiger partial charge in [0.2, 0.25) is 0 Å². The van der Waals surface area contributed by atoms with Crippen LogP contribution in [0.3, 0.4) is 0 Å². The third kappa shape index (κ3) is 1.59. The number of aryl methyl sites for hydroxylation is 1. The SMILES string of the molecule is Cn1ncc(CN)c1CN1CCC1. The zero-order chi connectivity index (χ0) is 9.26. The third-order valence-corrected chi connectivity index (χ3v) is 2.69. The highest BCUT2D eigenvalue weighted by atomic mass is 15.3. The van der Waals surface area contributed by atoms with Gasteiger partial charge in [0.1, 0.15) is 0 Å². The van der Waals surface area contributed by atoms with E-state index in [-0.39, 0.29) is 0 Å². The van der Waals surface area contributed by atoms with Gasteiger partial charge in [0, 0.05) is 25.7 Å². The van der Waals surface area contributed by atoms with Crippen LogP contribution >= 0.6 is 0 Å². The minimum Gasteiger partial charge on any atom is -0.326 e. The van der Waals surface area contributed by atoms with Crippen molar-refractivity contribution in [3.8, 4) is 0 Å². The molecule has 13 heavy (non-hydrogen) atoms. The van der Waals surface area contributed by atoms with Crippen molar-refractivity contribution in [3.63, 3.8) is 0 Å². The van der Waals surface area contributed by atoms with Gasteiger partial charge in [-0.3, -0.25) is 9.58 Å². The lowest BCUT2D eigenvalue weighted by Gasteiger charge is -2.30. The second-order valence-electron chi connectivity index (χ2n) is 3.57. The molecule has 2 rings (SSSR count). The van der Waals surface area contributed by atoms with Crippen molar-refractivity contribution >= 4 is 0 Å². The van der Waals surface area contributed by atoms with Crippen LogP contribution in [0.1, 0.15) is 17.7 Å². The molecule has 0 bridgehead atoms. The van der Waals surface area contributed by atoms with E-state index in [1.165, 1.54) is 30.8 Å². The van der Waals surface area contributed by atoms with Crippen LogP contribution < -0.4 is 5.73 Å². The number of rotatable bonds is 3. The summed E-state index contributed by atoms with van der Waals surface area (Å²) in [6.45, 7) is 4.03. The van der Waals surface area contributed by atoms with Crippen LogP contribution in [0.5, 0.6) is 0 Å². The summed E-state index contributed by atoms with van der Waals surface area (Å²) >= 11 is 0. The molecule has 0 unspecified atom stereocenters. The average Bonchev–Trinajstić information content (AvgIpc) is 2.39. The molecule has 0 aliphatic carbocycles. The molecule has 1 aromatic rings. The van der Waals surface area contributed by atoms with Crippen LogP contribution in [0.4, 0.5) is 0 Å².